The summed E-state index contributed by atoms with van der Waals surface area (Å²) in [4.78, 5) is 12.1. The highest BCUT2D eigenvalue weighted by molar-refractivity contribution is 9.10. The summed E-state index contributed by atoms with van der Waals surface area (Å²) >= 11 is 8.99. The lowest BCUT2D eigenvalue weighted by atomic mass is 10.1. The Kier molecular flexibility index (Phi) is 6.50. The van der Waals surface area contributed by atoms with Crippen molar-refractivity contribution in [3.8, 4) is 5.75 Å². The molecule has 1 N–H and O–H groups in total. The Morgan fingerprint density at radius 1 is 1.56 bits per heavy atom. The lowest BCUT2D eigenvalue weighted by Gasteiger charge is -2.14. The van der Waals surface area contributed by atoms with Crippen LogP contribution in [-0.4, -0.2) is 24.9 Å². The van der Waals surface area contributed by atoms with Gasteiger partial charge < -0.3 is 10.1 Å². The molecule has 0 saturated heterocycles. The molecule has 1 unspecified atom stereocenters. The molecule has 0 heterocycles. The van der Waals surface area contributed by atoms with Gasteiger partial charge >= 0.3 is 0 Å². The normalized spacial score (nSPS) is 12.0. The molecule has 100 valence electrons. The quantitative estimate of drug-likeness (QED) is 0.807. The predicted molar refractivity (Wildman–Crippen MR) is 77.6 cm³/mol. The molecule has 1 aromatic carbocycles. The van der Waals surface area contributed by atoms with E-state index in [0.717, 1.165) is 17.3 Å². The number of carbonyl (C=O) groups is 1. The summed E-state index contributed by atoms with van der Waals surface area (Å²) in [6.45, 7) is 1.97. The first-order chi connectivity index (χ1) is 8.58. The number of carbonyl (C=O) groups excluding carboxylic acids is 1. The predicted octanol–water partition coefficient (Wildman–Crippen LogP) is 3.60. The van der Waals surface area contributed by atoms with Gasteiger partial charge in [-0.3, -0.25) is 4.79 Å². The Hall–Kier alpha value is -0.740. The number of halogens is 2. The van der Waals surface area contributed by atoms with E-state index < -0.39 is 0 Å². The number of ether oxygens (including phenoxy) is 1. The fourth-order valence-electron chi connectivity index (χ4n) is 1.56. The molecule has 5 heteroatoms. The van der Waals surface area contributed by atoms with Gasteiger partial charge in [0.1, 0.15) is 5.75 Å². The highest BCUT2D eigenvalue weighted by atomic mass is 79.9. The van der Waals surface area contributed by atoms with Gasteiger partial charge in [0.15, 0.2) is 0 Å². The van der Waals surface area contributed by atoms with Gasteiger partial charge in [0.05, 0.1) is 12.7 Å². The summed E-state index contributed by atoms with van der Waals surface area (Å²) in [5.74, 6) is 1.17. The molecule has 18 heavy (non-hydrogen) atoms. The molecule has 0 saturated carbocycles. The monoisotopic (exact) mass is 333 g/mol. The second kappa shape index (κ2) is 7.64. The average molecular weight is 335 g/mol. The Balaban J connectivity index is 2.71. The number of nitrogens with one attached hydrogen (secondary N) is 1. The number of rotatable bonds is 6. The lowest BCUT2D eigenvalue weighted by Crippen LogP contribution is -2.32. The van der Waals surface area contributed by atoms with E-state index in [1.807, 2.05) is 6.92 Å². The fraction of sp³-hybridized carbons (Fsp3) is 0.462. The first kappa shape index (κ1) is 15.3. The molecule has 0 aliphatic carbocycles. The van der Waals surface area contributed by atoms with Crippen LogP contribution in [0.1, 0.15) is 30.1 Å². The van der Waals surface area contributed by atoms with Crippen molar-refractivity contribution in [3.63, 3.8) is 0 Å². The van der Waals surface area contributed by atoms with Gasteiger partial charge in [0.2, 0.25) is 0 Å². The average Bonchev–Trinajstić information content (AvgIpc) is 2.36. The molecular weight excluding hydrogens is 318 g/mol. The molecule has 0 fully saturated rings. The molecule has 1 atom stereocenters. The molecular formula is C13H17BrClNO2. The van der Waals surface area contributed by atoms with E-state index in [-0.39, 0.29) is 11.9 Å². The molecule has 3 nitrogen and oxygen atoms in total. The van der Waals surface area contributed by atoms with Crippen LogP contribution < -0.4 is 10.1 Å². The fourth-order valence-corrected chi connectivity index (χ4v) is 2.14. The zero-order valence-electron chi connectivity index (χ0n) is 10.5. The van der Waals surface area contributed by atoms with Crippen LogP contribution in [0.2, 0.25) is 0 Å². The molecule has 0 aliphatic rings. The largest absolute Gasteiger partial charge is 0.497 e. The first-order valence-electron chi connectivity index (χ1n) is 5.79. The second-order valence-electron chi connectivity index (χ2n) is 4.05. The third kappa shape index (κ3) is 4.50. The zero-order valence-corrected chi connectivity index (χ0v) is 12.8. The van der Waals surface area contributed by atoms with Crippen molar-refractivity contribution in [2.45, 2.75) is 25.8 Å². The van der Waals surface area contributed by atoms with Crippen molar-refractivity contribution in [2.24, 2.45) is 0 Å². The number of methoxy groups -OCH3 is 1. The van der Waals surface area contributed by atoms with E-state index in [2.05, 4.69) is 21.2 Å². The van der Waals surface area contributed by atoms with E-state index >= 15 is 0 Å². The Labute approximate surface area is 121 Å². The minimum Gasteiger partial charge on any atom is -0.497 e. The maximum atomic E-state index is 12.1. The maximum Gasteiger partial charge on any atom is 0.252 e. The molecule has 0 spiro atoms. The van der Waals surface area contributed by atoms with E-state index in [0.29, 0.717) is 17.2 Å². The molecule has 1 rings (SSSR count). The van der Waals surface area contributed by atoms with Crippen LogP contribution in [0.3, 0.4) is 0 Å². The minimum atomic E-state index is -0.108. The third-order valence-corrected chi connectivity index (χ3v) is 3.53. The van der Waals surface area contributed by atoms with Crippen LogP contribution in [-0.2, 0) is 0 Å². The molecule has 0 bridgehead atoms. The van der Waals surface area contributed by atoms with Crippen LogP contribution >= 0.6 is 27.5 Å². The van der Waals surface area contributed by atoms with Gasteiger partial charge in [-0.05, 0) is 53.9 Å². The van der Waals surface area contributed by atoms with E-state index in [4.69, 9.17) is 16.3 Å². The third-order valence-electron chi connectivity index (χ3n) is 2.57. The standard InChI is InChI=1S/C13H17BrClNO2/c1-9(4-3-7-15)16-13(17)11-8-10(18-2)5-6-12(11)14/h5-6,8-9H,3-4,7H2,1-2H3,(H,16,17). The number of benzene rings is 1. The molecule has 0 aliphatic heterocycles. The Bertz CT molecular complexity index is 412. The number of amides is 1. The molecule has 0 aromatic heterocycles. The van der Waals surface area contributed by atoms with Crippen LogP contribution in [0, 0.1) is 0 Å². The SMILES string of the molecule is COc1ccc(Br)c(C(=O)NC(C)CCCCl)c1. The summed E-state index contributed by atoms with van der Waals surface area (Å²) in [5.41, 5.74) is 0.576. The molecule has 0 radical (unpaired) electrons. The van der Waals surface area contributed by atoms with Gasteiger partial charge in [-0.2, -0.15) is 0 Å². The van der Waals surface area contributed by atoms with Crippen molar-refractivity contribution in [3.05, 3.63) is 28.2 Å². The number of hydrogen-bond donors (Lipinski definition) is 1. The highest BCUT2D eigenvalue weighted by Crippen LogP contribution is 2.22. The van der Waals surface area contributed by atoms with Crippen molar-refractivity contribution in [2.75, 3.05) is 13.0 Å². The summed E-state index contributed by atoms with van der Waals surface area (Å²) in [6, 6.07) is 5.43. The van der Waals surface area contributed by atoms with Crippen LogP contribution in [0.5, 0.6) is 5.75 Å². The van der Waals surface area contributed by atoms with Crippen molar-refractivity contribution in [1.82, 2.24) is 5.32 Å². The van der Waals surface area contributed by atoms with Gasteiger partial charge in [-0.1, -0.05) is 0 Å². The first-order valence-corrected chi connectivity index (χ1v) is 7.11. The van der Waals surface area contributed by atoms with Crippen LogP contribution in [0.15, 0.2) is 22.7 Å². The minimum absolute atomic E-state index is 0.106. The summed E-state index contributed by atoms with van der Waals surface area (Å²) in [6.07, 6.45) is 1.76. The zero-order chi connectivity index (χ0) is 13.5. The van der Waals surface area contributed by atoms with Crippen molar-refractivity contribution in [1.29, 1.82) is 0 Å². The van der Waals surface area contributed by atoms with E-state index in [1.165, 1.54) is 0 Å². The van der Waals surface area contributed by atoms with Crippen molar-refractivity contribution < 1.29 is 9.53 Å². The molecule has 1 amide bonds. The summed E-state index contributed by atoms with van der Waals surface area (Å²) in [5, 5.41) is 2.94. The second-order valence-corrected chi connectivity index (χ2v) is 5.28. The molecule has 1 aromatic rings. The number of alkyl halides is 1. The van der Waals surface area contributed by atoms with Gasteiger partial charge in [-0.15, -0.1) is 11.6 Å². The number of hydrogen-bond acceptors (Lipinski definition) is 2. The van der Waals surface area contributed by atoms with E-state index in [1.54, 1.807) is 25.3 Å². The van der Waals surface area contributed by atoms with Gasteiger partial charge in [0, 0.05) is 16.4 Å². The summed E-state index contributed by atoms with van der Waals surface area (Å²) < 4.78 is 5.87. The topological polar surface area (TPSA) is 38.3 Å². The van der Waals surface area contributed by atoms with Crippen LogP contribution in [0.4, 0.5) is 0 Å². The van der Waals surface area contributed by atoms with E-state index in [9.17, 15) is 4.79 Å². The van der Waals surface area contributed by atoms with Gasteiger partial charge in [-0.25, -0.2) is 0 Å². The maximum absolute atomic E-state index is 12.1. The Morgan fingerprint density at radius 2 is 2.28 bits per heavy atom. The van der Waals surface area contributed by atoms with Gasteiger partial charge in [0.25, 0.3) is 5.91 Å². The lowest BCUT2D eigenvalue weighted by molar-refractivity contribution is 0.0937. The summed E-state index contributed by atoms with van der Waals surface area (Å²) in [7, 11) is 1.58. The Morgan fingerprint density at radius 3 is 2.89 bits per heavy atom. The van der Waals surface area contributed by atoms with Crippen LogP contribution in [0.25, 0.3) is 0 Å². The van der Waals surface area contributed by atoms with Crippen molar-refractivity contribution >= 4 is 33.4 Å². The smallest absolute Gasteiger partial charge is 0.252 e. The highest BCUT2D eigenvalue weighted by Gasteiger charge is 2.13.